The second kappa shape index (κ2) is 8.28. The highest BCUT2D eigenvalue weighted by Gasteiger charge is 2.29. The molecule has 2 rings (SSSR count). The highest BCUT2D eigenvalue weighted by Crippen LogP contribution is 2.29. The van der Waals surface area contributed by atoms with Crippen molar-refractivity contribution in [3.05, 3.63) is 23.0 Å². The zero-order chi connectivity index (χ0) is 19.5. The van der Waals surface area contributed by atoms with Gasteiger partial charge in [0.2, 0.25) is 0 Å². The van der Waals surface area contributed by atoms with Gasteiger partial charge in [-0.1, -0.05) is 33.1 Å². The van der Waals surface area contributed by atoms with Crippen LogP contribution in [0, 0.1) is 18.3 Å². The van der Waals surface area contributed by atoms with Crippen LogP contribution in [-0.2, 0) is 11.3 Å². The van der Waals surface area contributed by atoms with Crippen LogP contribution in [0.1, 0.15) is 87.5 Å². The predicted octanol–water partition coefficient (Wildman–Crippen LogP) is 4.34. The Kier molecular flexibility index (Phi) is 6.53. The van der Waals surface area contributed by atoms with E-state index in [-0.39, 0.29) is 12.5 Å². The summed E-state index contributed by atoms with van der Waals surface area (Å²) in [5.41, 5.74) is 1.88. The molecule has 5 nitrogen and oxygen atoms in total. The second-order valence-electron chi connectivity index (χ2n) is 8.71. The van der Waals surface area contributed by atoms with E-state index < -0.39 is 11.4 Å². The number of aliphatic carboxylic acids is 1. The highest BCUT2D eigenvalue weighted by atomic mass is 16.4. The number of amides is 1. The molecule has 1 aliphatic carbocycles. The van der Waals surface area contributed by atoms with Gasteiger partial charge in [-0.05, 0) is 51.5 Å². The number of carbonyl (C=O) groups excluding carboxylic acids is 1. The van der Waals surface area contributed by atoms with Crippen molar-refractivity contribution in [2.75, 3.05) is 6.54 Å². The van der Waals surface area contributed by atoms with Gasteiger partial charge in [-0.15, -0.1) is 0 Å². The average molecular weight is 363 g/mol. The summed E-state index contributed by atoms with van der Waals surface area (Å²) in [6.07, 6.45) is 6.48. The van der Waals surface area contributed by atoms with Crippen molar-refractivity contribution in [2.45, 2.75) is 79.2 Å². The van der Waals surface area contributed by atoms with Crippen molar-refractivity contribution < 1.29 is 14.7 Å². The fourth-order valence-electron chi connectivity index (χ4n) is 3.72. The topological polar surface area (TPSA) is 71.3 Å². The van der Waals surface area contributed by atoms with Gasteiger partial charge in [0.1, 0.15) is 0 Å². The van der Waals surface area contributed by atoms with Crippen LogP contribution in [0.4, 0.5) is 0 Å². The van der Waals surface area contributed by atoms with E-state index in [4.69, 9.17) is 0 Å². The van der Waals surface area contributed by atoms with Crippen LogP contribution in [0.5, 0.6) is 0 Å². The average Bonchev–Trinajstić information content (AvgIpc) is 2.91. The maximum absolute atomic E-state index is 12.7. The lowest BCUT2D eigenvalue weighted by atomic mass is 9.89. The molecule has 1 heterocycles. The first-order valence-electron chi connectivity index (χ1n) is 9.85. The summed E-state index contributed by atoms with van der Waals surface area (Å²) >= 11 is 0. The maximum atomic E-state index is 12.7. The summed E-state index contributed by atoms with van der Waals surface area (Å²) in [4.78, 5) is 23.9. The van der Waals surface area contributed by atoms with Crippen LogP contribution in [0.3, 0.4) is 0 Å². The summed E-state index contributed by atoms with van der Waals surface area (Å²) in [6, 6.07) is 1.99. The molecule has 0 radical (unpaired) electrons. The Labute approximate surface area is 157 Å². The number of hydrogen-bond acceptors (Lipinski definition) is 2. The molecule has 0 bridgehead atoms. The third-order valence-corrected chi connectivity index (χ3v) is 5.67. The molecule has 2 N–H and O–H groups in total. The number of hydrogen-bond donors (Lipinski definition) is 2. The molecule has 0 aliphatic heterocycles. The quantitative estimate of drug-likeness (QED) is 0.758. The van der Waals surface area contributed by atoms with Crippen LogP contribution in [-0.4, -0.2) is 28.1 Å². The predicted molar refractivity (Wildman–Crippen MR) is 104 cm³/mol. The smallest absolute Gasteiger partial charge is 0.310 e. The van der Waals surface area contributed by atoms with Crippen molar-refractivity contribution in [1.82, 2.24) is 9.88 Å². The number of rotatable bonds is 7. The first kappa shape index (κ1) is 20.5. The summed E-state index contributed by atoms with van der Waals surface area (Å²) < 4.78 is 2.32. The standard InChI is InChI=1S/C21H34N2O3/c1-14(2)18-11-17(19(24)22-13-21(4,5)20(25)26)15(3)23(18)12-16-9-7-6-8-10-16/h11,14,16H,6-10,12-13H2,1-5H3,(H,22,24)(H,25,26). The SMILES string of the molecule is Cc1c(C(=O)NCC(C)(C)C(=O)O)cc(C(C)C)n1CC1CCCCC1. The lowest BCUT2D eigenvalue weighted by Crippen LogP contribution is -2.39. The molecule has 0 spiro atoms. The molecule has 1 aliphatic rings. The Hall–Kier alpha value is -1.78. The molecular weight excluding hydrogens is 328 g/mol. The van der Waals surface area contributed by atoms with Gasteiger partial charge in [-0.2, -0.15) is 0 Å². The van der Waals surface area contributed by atoms with Crippen molar-refractivity contribution in [1.29, 1.82) is 0 Å². The van der Waals surface area contributed by atoms with Gasteiger partial charge >= 0.3 is 5.97 Å². The fourth-order valence-corrected chi connectivity index (χ4v) is 3.72. The summed E-state index contributed by atoms with van der Waals surface area (Å²) in [6.45, 7) is 10.7. The molecule has 1 aromatic heterocycles. The minimum atomic E-state index is -0.977. The number of nitrogens with zero attached hydrogens (tertiary/aromatic N) is 1. The molecule has 1 fully saturated rings. The number of carboxylic acids is 1. The van der Waals surface area contributed by atoms with Crippen LogP contribution in [0.15, 0.2) is 6.07 Å². The van der Waals surface area contributed by atoms with Gasteiger partial charge in [0.05, 0.1) is 11.0 Å². The van der Waals surface area contributed by atoms with Crippen LogP contribution in [0.2, 0.25) is 0 Å². The lowest BCUT2D eigenvalue weighted by Gasteiger charge is -2.25. The zero-order valence-electron chi connectivity index (χ0n) is 16.9. The largest absolute Gasteiger partial charge is 0.481 e. The van der Waals surface area contributed by atoms with Crippen molar-refractivity contribution in [2.24, 2.45) is 11.3 Å². The molecule has 1 amide bonds. The number of carbonyl (C=O) groups is 2. The molecular formula is C21H34N2O3. The molecule has 0 saturated heterocycles. The van der Waals surface area contributed by atoms with E-state index in [0.717, 1.165) is 12.2 Å². The summed E-state index contributed by atoms with van der Waals surface area (Å²) in [5.74, 6) is -0.0584. The normalized spacial score (nSPS) is 16.1. The monoisotopic (exact) mass is 362 g/mol. The van der Waals surface area contributed by atoms with Gasteiger partial charge in [0, 0.05) is 24.5 Å². The van der Waals surface area contributed by atoms with E-state index in [1.54, 1.807) is 13.8 Å². The van der Waals surface area contributed by atoms with Crippen LogP contribution >= 0.6 is 0 Å². The summed E-state index contributed by atoms with van der Waals surface area (Å²) in [7, 11) is 0. The van der Waals surface area contributed by atoms with Gasteiger partial charge < -0.3 is 15.0 Å². The van der Waals surface area contributed by atoms with Crippen molar-refractivity contribution in [3.63, 3.8) is 0 Å². The lowest BCUT2D eigenvalue weighted by molar-refractivity contribution is -0.146. The molecule has 146 valence electrons. The highest BCUT2D eigenvalue weighted by molar-refractivity contribution is 5.96. The van der Waals surface area contributed by atoms with Gasteiger partial charge in [-0.25, -0.2) is 0 Å². The first-order chi connectivity index (χ1) is 12.1. The molecule has 1 aromatic rings. The Balaban J connectivity index is 2.19. The van der Waals surface area contributed by atoms with Crippen molar-refractivity contribution in [3.8, 4) is 0 Å². The van der Waals surface area contributed by atoms with E-state index in [0.29, 0.717) is 17.4 Å². The van der Waals surface area contributed by atoms with E-state index in [1.807, 2.05) is 13.0 Å². The third-order valence-electron chi connectivity index (χ3n) is 5.67. The number of carboxylic acid groups (broad SMARTS) is 1. The Morgan fingerprint density at radius 3 is 2.42 bits per heavy atom. The van der Waals surface area contributed by atoms with Crippen molar-refractivity contribution >= 4 is 11.9 Å². The fraction of sp³-hybridized carbons (Fsp3) is 0.714. The maximum Gasteiger partial charge on any atom is 0.310 e. The van der Waals surface area contributed by atoms with E-state index in [1.165, 1.54) is 37.8 Å². The Morgan fingerprint density at radius 2 is 1.88 bits per heavy atom. The molecule has 0 aromatic carbocycles. The van der Waals surface area contributed by atoms with E-state index in [2.05, 4.69) is 23.7 Å². The number of aromatic nitrogens is 1. The minimum absolute atomic E-state index is 0.116. The van der Waals surface area contributed by atoms with Crippen LogP contribution in [0.25, 0.3) is 0 Å². The van der Waals surface area contributed by atoms with E-state index >= 15 is 0 Å². The Bertz CT molecular complexity index is 652. The first-order valence-corrected chi connectivity index (χ1v) is 9.85. The van der Waals surface area contributed by atoms with E-state index in [9.17, 15) is 14.7 Å². The van der Waals surface area contributed by atoms with Gasteiger partial charge in [0.25, 0.3) is 5.91 Å². The second-order valence-corrected chi connectivity index (χ2v) is 8.71. The van der Waals surface area contributed by atoms with Crippen LogP contribution < -0.4 is 5.32 Å². The molecule has 5 heteroatoms. The molecule has 0 atom stereocenters. The minimum Gasteiger partial charge on any atom is -0.481 e. The Morgan fingerprint density at radius 1 is 1.27 bits per heavy atom. The molecule has 26 heavy (non-hydrogen) atoms. The third kappa shape index (κ3) is 4.68. The zero-order valence-corrected chi connectivity index (χ0v) is 16.9. The summed E-state index contributed by atoms with van der Waals surface area (Å²) in [5, 5.41) is 12.0. The number of nitrogens with one attached hydrogen (secondary N) is 1. The molecule has 1 saturated carbocycles. The van der Waals surface area contributed by atoms with Gasteiger partial charge in [-0.3, -0.25) is 9.59 Å². The molecule has 0 unspecified atom stereocenters. The van der Waals surface area contributed by atoms with Gasteiger partial charge in [0.15, 0.2) is 0 Å².